The fourth-order valence-electron chi connectivity index (χ4n) is 0.919. The summed E-state index contributed by atoms with van der Waals surface area (Å²) in [4.78, 5) is 1.00. The van der Waals surface area contributed by atoms with Gasteiger partial charge in [0.1, 0.15) is 0 Å². The van der Waals surface area contributed by atoms with Gasteiger partial charge < -0.3 is 5.73 Å². The van der Waals surface area contributed by atoms with Crippen LogP contribution in [0, 0.1) is 6.92 Å². The first kappa shape index (κ1) is 9.61. The summed E-state index contributed by atoms with van der Waals surface area (Å²) in [6.45, 7) is 2.71. The predicted molar refractivity (Wildman–Crippen MR) is 46.6 cm³/mol. The third-order valence-corrected chi connectivity index (χ3v) is 2.54. The lowest BCUT2D eigenvalue weighted by Gasteiger charge is -2.17. The van der Waals surface area contributed by atoms with E-state index in [1.165, 1.54) is 11.3 Å². The van der Waals surface area contributed by atoms with Gasteiger partial charge in [-0.15, -0.1) is 11.3 Å². The van der Waals surface area contributed by atoms with Gasteiger partial charge in [0.15, 0.2) is 0 Å². The third kappa shape index (κ3) is 2.01. The standard InChI is InChI=1S/C8H11F2NS/c1-5-3-6(4-12-5)7(11)8(2,9)10/h3-4,7H,11H2,1-2H3. The minimum absolute atomic E-state index is 0.519. The molecule has 0 aliphatic rings. The zero-order chi connectivity index (χ0) is 9.35. The second-order valence-electron chi connectivity index (χ2n) is 2.92. The van der Waals surface area contributed by atoms with E-state index >= 15 is 0 Å². The normalized spacial score (nSPS) is 14.8. The van der Waals surface area contributed by atoms with Gasteiger partial charge in [0.2, 0.25) is 0 Å². The van der Waals surface area contributed by atoms with Crippen LogP contribution in [-0.4, -0.2) is 5.92 Å². The molecule has 68 valence electrons. The van der Waals surface area contributed by atoms with Gasteiger partial charge in [0.25, 0.3) is 5.92 Å². The summed E-state index contributed by atoms with van der Waals surface area (Å²) >= 11 is 1.44. The Morgan fingerprint density at radius 1 is 1.58 bits per heavy atom. The zero-order valence-electron chi connectivity index (χ0n) is 6.97. The molecule has 2 N–H and O–H groups in total. The number of hydrogen-bond donors (Lipinski definition) is 1. The lowest BCUT2D eigenvalue weighted by Crippen LogP contribution is -2.29. The van der Waals surface area contributed by atoms with Crippen molar-refractivity contribution in [3.63, 3.8) is 0 Å². The van der Waals surface area contributed by atoms with E-state index in [-0.39, 0.29) is 0 Å². The van der Waals surface area contributed by atoms with Crippen LogP contribution < -0.4 is 5.73 Å². The highest BCUT2D eigenvalue weighted by Gasteiger charge is 2.32. The lowest BCUT2D eigenvalue weighted by atomic mass is 10.1. The van der Waals surface area contributed by atoms with Crippen molar-refractivity contribution in [2.45, 2.75) is 25.8 Å². The number of aryl methyl sites for hydroxylation is 1. The van der Waals surface area contributed by atoms with Crippen molar-refractivity contribution in [1.29, 1.82) is 0 Å². The first-order valence-electron chi connectivity index (χ1n) is 3.59. The van der Waals surface area contributed by atoms with E-state index in [0.717, 1.165) is 11.8 Å². The molecule has 0 bridgehead atoms. The van der Waals surface area contributed by atoms with Gasteiger partial charge in [-0.05, 0) is 23.9 Å². The summed E-state index contributed by atoms with van der Waals surface area (Å²) in [5.41, 5.74) is 5.86. The molecule has 1 rings (SSSR count). The van der Waals surface area contributed by atoms with Crippen molar-refractivity contribution >= 4 is 11.3 Å². The summed E-state index contributed by atoms with van der Waals surface area (Å²) in [6.07, 6.45) is 0. The van der Waals surface area contributed by atoms with Gasteiger partial charge in [-0.25, -0.2) is 8.78 Å². The van der Waals surface area contributed by atoms with Gasteiger partial charge in [0.05, 0.1) is 6.04 Å². The Hall–Kier alpha value is -0.480. The molecule has 12 heavy (non-hydrogen) atoms. The number of thiophene rings is 1. The zero-order valence-corrected chi connectivity index (χ0v) is 7.79. The van der Waals surface area contributed by atoms with Crippen molar-refractivity contribution in [1.82, 2.24) is 0 Å². The Labute approximate surface area is 74.2 Å². The fraction of sp³-hybridized carbons (Fsp3) is 0.500. The summed E-state index contributed by atoms with van der Waals surface area (Å²) in [7, 11) is 0. The Balaban J connectivity index is 2.85. The highest BCUT2D eigenvalue weighted by molar-refractivity contribution is 7.10. The van der Waals surface area contributed by atoms with Crippen LogP contribution in [0.1, 0.15) is 23.4 Å². The summed E-state index contributed by atoms with van der Waals surface area (Å²) < 4.78 is 25.4. The highest BCUT2D eigenvalue weighted by atomic mass is 32.1. The van der Waals surface area contributed by atoms with E-state index in [2.05, 4.69) is 0 Å². The minimum atomic E-state index is -2.84. The molecule has 1 nitrogen and oxygen atoms in total. The van der Waals surface area contributed by atoms with E-state index in [0.29, 0.717) is 5.56 Å². The maximum Gasteiger partial charge on any atom is 0.264 e. The number of hydrogen-bond acceptors (Lipinski definition) is 2. The average molecular weight is 191 g/mol. The number of alkyl halides is 2. The van der Waals surface area contributed by atoms with Crippen LogP contribution in [0.4, 0.5) is 8.78 Å². The average Bonchev–Trinajstić information content (AvgIpc) is 2.32. The Morgan fingerprint density at radius 3 is 2.50 bits per heavy atom. The first-order valence-corrected chi connectivity index (χ1v) is 4.47. The Bertz CT molecular complexity index is 264. The van der Waals surface area contributed by atoms with Crippen LogP contribution in [0.2, 0.25) is 0 Å². The molecule has 1 atom stereocenters. The second kappa shape index (κ2) is 3.11. The van der Waals surface area contributed by atoms with Crippen LogP contribution in [-0.2, 0) is 0 Å². The molecule has 0 fully saturated rings. The molecule has 1 heterocycles. The molecule has 0 saturated carbocycles. The van der Waals surface area contributed by atoms with Gasteiger partial charge in [-0.2, -0.15) is 0 Å². The van der Waals surface area contributed by atoms with Crippen LogP contribution in [0.25, 0.3) is 0 Å². The van der Waals surface area contributed by atoms with Crippen LogP contribution in [0.5, 0.6) is 0 Å². The topological polar surface area (TPSA) is 26.0 Å². The van der Waals surface area contributed by atoms with Crippen LogP contribution in [0.3, 0.4) is 0 Å². The molecule has 0 spiro atoms. The number of nitrogens with two attached hydrogens (primary N) is 1. The molecular formula is C8H11F2NS. The Kier molecular flexibility index (Phi) is 2.49. The Morgan fingerprint density at radius 2 is 2.17 bits per heavy atom. The van der Waals surface area contributed by atoms with Gasteiger partial charge >= 0.3 is 0 Å². The molecule has 0 aliphatic carbocycles. The number of rotatable bonds is 2. The second-order valence-corrected chi connectivity index (χ2v) is 4.04. The van der Waals surface area contributed by atoms with Crippen molar-refractivity contribution in [3.8, 4) is 0 Å². The van der Waals surface area contributed by atoms with Crippen molar-refractivity contribution in [2.24, 2.45) is 5.73 Å². The SMILES string of the molecule is Cc1cc(C(N)C(C)(F)F)cs1. The van der Waals surface area contributed by atoms with Crippen molar-refractivity contribution in [2.75, 3.05) is 0 Å². The molecule has 0 saturated heterocycles. The molecule has 0 aliphatic heterocycles. The van der Waals surface area contributed by atoms with Crippen LogP contribution in [0.15, 0.2) is 11.4 Å². The molecule has 0 amide bonds. The monoisotopic (exact) mass is 191 g/mol. The highest BCUT2D eigenvalue weighted by Crippen LogP contribution is 2.30. The summed E-state index contributed by atoms with van der Waals surface area (Å²) in [5.74, 6) is -2.84. The molecule has 0 radical (unpaired) electrons. The smallest absolute Gasteiger partial charge is 0.264 e. The lowest BCUT2D eigenvalue weighted by molar-refractivity contribution is -0.00606. The van der Waals surface area contributed by atoms with E-state index in [9.17, 15) is 8.78 Å². The van der Waals surface area contributed by atoms with E-state index in [4.69, 9.17) is 5.73 Å². The predicted octanol–water partition coefficient (Wildman–Crippen LogP) is 2.71. The summed E-state index contributed by atoms with van der Waals surface area (Å²) in [5, 5.41) is 1.68. The largest absolute Gasteiger partial charge is 0.319 e. The number of halogens is 2. The van der Waals surface area contributed by atoms with Crippen molar-refractivity contribution < 1.29 is 8.78 Å². The fourth-order valence-corrected chi connectivity index (χ4v) is 1.66. The molecule has 0 aromatic carbocycles. The van der Waals surface area contributed by atoms with E-state index in [1.807, 2.05) is 6.92 Å². The van der Waals surface area contributed by atoms with Gasteiger partial charge in [0, 0.05) is 11.8 Å². The molecule has 1 aromatic rings. The first-order chi connectivity index (χ1) is 5.41. The third-order valence-electron chi connectivity index (χ3n) is 1.66. The van der Waals surface area contributed by atoms with Crippen LogP contribution >= 0.6 is 11.3 Å². The van der Waals surface area contributed by atoms with E-state index in [1.54, 1.807) is 11.4 Å². The minimum Gasteiger partial charge on any atom is -0.319 e. The van der Waals surface area contributed by atoms with E-state index < -0.39 is 12.0 Å². The summed E-state index contributed by atoms with van der Waals surface area (Å²) in [6, 6.07) is 0.523. The maximum absolute atomic E-state index is 12.7. The van der Waals surface area contributed by atoms with Gasteiger partial charge in [-0.3, -0.25) is 0 Å². The maximum atomic E-state index is 12.7. The molecule has 4 heteroatoms. The molecule has 1 aromatic heterocycles. The van der Waals surface area contributed by atoms with Gasteiger partial charge in [-0.1, -0.05) is 0 Å². The molecule has 1 unspecified atom stereocenters. The molecular weight excluding hydrogens is 180 g/mol. The van der Waals surface area contributed by atoms with Crippen molar-refractivity contribution in [3.05, 3.63) is 21.9 Å². The quantitative estimate of drug-likeness (QED) is 0.764.